The van der Waals surface area contributed by atoms with Gasteiger partial charge >= 0.3 is 0 Å². The minimum atomic E-state index is -0.922. The molecule has 0 spiro atoms. The molecule has 0 N–H and O–H groups in total. The Morgan fingerprint density at radius 3 is 2.41 bits per heavy atom. The molecule has 0 saturated carbocycles. The zero-order valence-electron chi connectivity index (χ0n) is 14.9. The van der Waals surface area contributed by atoms with E-state index in [4.69, 9.17) is 0 Å². The molecule has 1 atom stereocenters. The SMILES string of the molecule is C=CCN(C(=O)c1ccc(F)cc1)C1CC(=O)N(c2ccc(C)cc2)C1=O. The van der Waals surface area contributed by atoms with Gasteiger partial charge in [0, 0.05) is 12.1 Å². The normalized spacial score (nSPS) is 16.5. The molecule has 1 aliphatic rings. The Hall–Kier alpha value is -3.28. The van der Waals surface area contributed by atoms with Crippen LogP contribution in [0.15, 0.2) is 61.2 Å². The number of carbonyl (C=O) groups excluding carboxylic acids is 3. The molecule has 0 aromatic heterocycles. The van der Waals surface area contributed by atoms with Gasteiger partial charge in [-0.3, -0.25) is 14.4 Å². The number of carbonyl (C=O) groups is 3. The molecule has 1 heterocycles. The van der Waals surface area contributed by atoms with Gasteiger partial charge in [-0.25, -0.2) is 9.29 Å². The van der Waals surface area contributed by atoms with Crippen LogP contribution in [0.4, 0.5) is 10.1 Å². The van der Waals surface area contributed by atoms with E-state index in [9.17, 15) is 18.8 Å². The van der Waals surface area contributed by atoms with Crippen LogP contribution < -0.4 is 4.90 Å². The smallest absolute Gasteiger partial charge is 0.257 e. The van der Waals surface area contributed by atoms with Crippen molar-refractivity contribution in [3.05, 3.63) is 78.1 Å². The third-order valence-electron chi connectivity index (χ3n) is 4.47. The van der Waals surface area contributed by atoms with E-state index in [-0.39, 0.29) is 24.4 Å². The van der Waals surface area contributed by atoms with Crippen LogP contribution in [0.2, 0.25) is 0 Å². The van der Waals surface area contributed by atoms with Crippen LogP contribution in [0.1, 0.15) is 22.3 Å². The number of anilines is 1. The lowest BCUT2D eigenvalue weighted by Gasteiger charge is -2.26. The highest BCUT2D eigenvalue weighted by Gasteiger charge is 2.44. The molecule has 1 unspecified atom stereocenters. The van der Waals surface area contributed by atoms with Gasteiger partial charge in [-0.1, -0.05) is 23.8 Å². The van der Waals surface area contributed by atoms with Crippen molar-refractivity contribution in [3.8, 4) is 0 Å². The van der Waals surface area contributed by atoms with Crippen LogP contribution in [-0.4, -0.2) is 35.2 Å². The van der Waals surface area contributed by atoms with Crippen molar-refractivity contribution in [1.82, 2.24) is 4.90 Å². The first kappa shape index (κ1) is 18.5. The summed E-state index contributed by atoms with van der Waals surface area (Å²) in [6, 6.07) is 11.2. The molecule has 3 rings (SSSR count). The lowest BCUT2D eigenvalue weighted by atomic mass is 10.1. The van der Waals surface area contributed by atoms with Gasteiger partial charge in [0.25, 0.3) is 11.8 Å². The largest absolute Gasteiger partial charge is 0.322 e. The second-order valence-corrected chi connectivity index (χ2v) is 6.38. The first-order valence-corrected chi connectivity index (χ1v) is 8.53. The number of halogens is 1. The predicted molar refractivity (Wildman–Crippen MR) is 99.7 cm³/mol. The van der Waals surface area contributed by atoms with E-state index < -0.39 is 23.7 Å². The summed E-state index contributed by atoms with van der Waals surface area (Å²) in [6.07, 6.45) is 1.39. The van der Waals surface area contributed by atoms with Crippen LogP contribution in [0.25, 0.3) is 0 Å². The molecule has 0 bridgehead atoms. The van der Waals surface area contributed by atoms with E-state index >= 15 is 0 Å². The van der Waals surface area contributed by atoms with Gasteiger partial charge in [-0.2, -0.15) is 0 Å². The lowest BCUT2D eigenvalue weighted by molar-refractivity contribution is -0.122. The molecule has 3 amide bonds. The Morgan fingerprint density at radius 1 is 1.19 bits per heavy atom. The van der Waals surface area contributed by atoms with Gasteiger partial charge in [0.2, 0.25) is 5.91 Å². The first-order valence-electron chi connectivity index (χ1n) is 8.53. The second kappa shape index (κ2) is 7.53. The van der Waals surface area contributed by atoms with Gasteiger partial charge in [-0.05, 0) is 43.3 Å². The number of hydrogen-bond acceptors (Lipinski definition) is 3. The molecular weight excluding hydrogens is 347 g/mol. The molecule has 1 saturated heterocycles. The van der Waals surface area contributed by atoms with Crippen LogP contribution in [0.3, 0.4) is 0 Å². The first-order chi connectivity index (χ1) is 12.9. The topological polar surface area (TPSA) is 57.7 Å². The number of nitrogens with zero attached hydrogens (tertiary/aromatic N) is 2. The highest BCUT2D eigenvalue weighted by molar-refractivity contribution is 6.23. The molecule has 1 fully saturated rings. The average Bonchev–Trinajstić information content (AvgIpc) is 2.95. The summed E-state index contributed by atoms with van der Waals surface area (Å²) in [4.78, 5) is 40.7. The average molecular weight is 366 g/mol. The third kappa shape index (κ3) is 3.65. The molecule has 2 aromatic carbocycles. The quantitative estimate of drug-likeness (QED) is 0.604. The Labute approximate surface area is 156 Å². The van der Waals surface area contributed by atoms with Gasteiger partial charge in [-0.15, -0.1) is 6.58 Å². The Bertz CT molecular complexity index is 891. The highest BCUT2D eigenvalue weighted by Crippen LogP contribution is 2.27. The third-order valence-corrected chi connectivity index (χ3v) is 4.47. The summed E-state index contributed by atoms with van der Waals surface area (Å²) in [5.74, 6) is -1.73. The highest BCUT2D eigenvalue weighted by atomic mass is 19.1. The van der Waals surface area contributed by atoms with E-state index in [1.165, 1.54) is 35.2 Å². The van der Waals surface area contributed by atoms with Crippen LogP contribution in [-0.2, 0) is 9.59 Å². The van der Waals surface area contributed by atoms with Gasteiger partial charge in [0.05, 0.1) is 12.1 Å². The molecule has 0 radical (unpaired) electrons. The molecule has 27 heavy (non-hydrogen) atoms. The standard InChI is InChI=1S/C21H19FN2O3/c1-3-12-23(20(26)15-6-8-16(22)9-7-15)18-13-19(25)24(21(18)27)17-10-4-14(2)5-11-17/h3-11,18H,1,12-13H2,2H3. The van der Waals surface area contributed by atoms with Gasteiger partial charge in [0.15, 0.2) is 0 Å². The fourth-order valence-corrected chi connectivity index (χ4v) is 3.07. The summed E-state index contributed by atoms with van der Waals surface area (Å²) >= 11 is 0. The zero-order chi connectivity index (χ0) is 19.6. The van der Waals surface area contributed by atoms with E-state index in [0.717, 1.165) is 10.5 Å². The van der Waals surface area contributed by atoms with Crippen molar-refractivity contribution in [2.24, 2.45) is 0 Å². The Morgan fingerprint density at radius 2 is 1.81 bits per heavy atom. The molecule has 5 nitrogen and oxygen atoms in total. The molecule has 2 aromatic rings. The van der Waals surface area contributed by atoms with Gasteiger partial charge in [0.1, 0.15) is 11.9 Å². The Kier molecular flexibility index (Phi) is 5.16. The summed E-state index contributed by atoms with van der Waals surface area (Å²) < 4.78 is 13.1. The van der Waals surface area contributed by atoms with E-state index in [2.05, 4.69) is 6.58 Å². The Balaban J connectivity index is 1.89. The number of aryl methyl sites for hydroxylation is 1. The van der Waals surface area contributed by atoms with Crippen LogP contribution in [0.5, 0.6) is 0 Å². The molecular formula is C21H19FN2O3. The number of amides is 3. The molecule has 1 aliphatic heterocycles. The van der Waals surface area contributed by atoms with Crippen molar-refractivity contribution in [3.63, 3.8) is 0 Å². The van der Waals surface area contributed by atoms with Crippen molar-refractivity contribution < 1.29 is 18.8 Å². The van der Waals surface area contributed by atoms with Crippen LogP contribution in [0, 0.1) is 12.7 Å². The van der Waals surface area contributed by atoms with E-state index in [1.807, 2.05) is 19.1 Å². The fraction of sp³-hybridized carbons (Fsp3) is 0.190. The summed E-state index contributed by atoms with van der Waals surface area (Å²) in [5, 5.41) is 0. The van der Waals surface area contributed by atoms with E-state index in [0.29, 0.717) is 5.69 Å². The number of benzene rings is 2. The molecule has 138 valence electrons. The minimum absolute atomic E-state index is 0.0988. The number of hydrogen-bond donors (Lipinski definition) is 0. The van der Waals surface area contributed by atoms with Crippen molar-refractivity contribution in [2.75, 3.05) is 11.4 Å². The maximum Gasteiger partial charge on any atom is 0.257 e. The zero-order valence-corrected chi connectivity index (χ0v) is 14.9. The number of rotatable bonds is 5. The molecule has 0 aliphatic carbocycles. The summed E-state index contributed by atoms with van der Waals surface area (Å²) in [6.45, 7) is 5.64. The van der Waals surface area contributed by atoms with Gasteiger partial charge < -0.3 is 4.90 Å². The maximum atomic E-state index is 13.1. The second-order valence-electron chi connectivity index (χ2n) is 6.38. The predicted octanol–water partition coefficient (Wildman–Crippen LogP) is 3.09. The van der Waals surface area contributed by atoms with Crippen LogP contribution >= 0.6 is 0 Å². The maximum absolute atomic E-state index is 13.1. The van der Waals surface area contributed by atoms with Crippen molar-refractivity contribution >= 4 is 23.4 Å². The lowest BCUT2D eigenvalue weighted by Crippen LogP contribution is -2.45. The summed E-state index contributed by atoms with van der Waals surface area (Å²) in [5.41, 5.74) is 1.73. The number of imide groups is 1. The molecule has 6 heteroatoms. The monoisotopic (exact) mass is 366 g/mol. The summed E-state index contributed by atoms with van der Waals surface area (Å²) in [7, 11) is 0. The fourth-order valence-electron chi connectivity index (χ4n) is 3.07. The van der Waals surface area contributed by atoms with Crippen molar-refractivity contribution in [1.29, 1.82) is 0 Å². The van der Waals surface area contributed by atoms with Crippen molar-refractivity contribution in [2.45, 2.75) is 19.4 Å². The van der Waals surface area contributed by atoms with E-state index in [1.54, 1.807) is 12.1 Å². The minimum Gasteiger partial charge on any atom is -0.322 e.